The highest BCUT2D eigenvalue weighted by molar-refractivity contribution is 5.81. The molecule has 164 valence electrons. The second-order valence-electron chi connectivity index (χ2n) is 8.79. The van der Waals surface area contributed by atoms with Gasteiger partial charge >= 0.3 is 0 Å². The van der Waals surface area contributed by atoms with E-state index in [1.54, 1.807) is 0 Å². The van der Waals surface area contributed by atoms with Crippen molar-refractivity contribution in [1.82, 2.24) is 19.8 Å². The fourth-order valence-corrected chi connectivity index (χ4v) is 4.19. The van der Waals surface area contributed by atoms with Crippen LogP contribution in [0, 0.1) is 5.92 Å². The summed E-state index contributed by atoms with van der Waals surface area (Å²) in [7, 11) is 0. The zero-order valence-corrected chi connectivity index (χ0v) is 18.7. The van der Waals surface area contributed by atoms with Gasteiger partial charge in [0.25, 0.3) is 0 Å². The second-order valence-corrected chi connectivity index (χ2v) is 8.79. The van der Waals surface area contributed by atoms with Crippen molar-refractivity contribution in [3.05, 3.63) is 30.1 Å². The van der Waals surface area contributed by atoms with Crippen LogP contribution in [0.25, 0.3) is 11.0 Å². The van der Waals surface area contributed by atoms with Gasteiger partial charge in [0.15, 0.2) is 0 Å². The van der Waals surface area contributed by atoms with Gasteiger partial charge in [0.05, 0.1) is 11.0 Å². The van der Waals surface area contributed by atoms with E-state index < -0.39 is 0 Å². The summed E-state index contributed by atoms with van der Waals surface area (Å²) in [5.41, 5.74) is 1.99. The van der Waals surface area contributed by atoms with E-state index in [0.29, 0.717) is 12.6 Å². The first-order valence-corrected chi connectivity index (χ1v) is 11.5. The van der Waals surface area contributed by atoms with Crippen LogP contribution in [0.5, 0.6) is 0 Å². The maximum atomic E-state index is 13.0. The third-order valence-electron chi connectivity index (χ3n) is 6.05. The van der Waals surface area contributed by atoms with Crippen molar-refractivity contribution < 1.29 is 9.59 Å². The maximum absolute atomic E-state index is 13.0. The standard InChI is InChI=1S/C24H36N4O2/c1-18(2)24(30)25-15-9-4-5-14-22-26-20-12-6-7-13-21(20)28(22)17-23(29)27-16-10-8-11-19(27)3/h6-7,12-13,18-19H,4-5,8-11,14-17H2,1-3H3,(H,25,30). The number of rotatable bonds is 9. The van der Waals surface area contributed by atoms with E-state index in [0.717, 1.165) is 68.5 Å². The number of unbranched alkanes of at least 4 members (excludes halogenated alkanes) is 2. The molecule has 1 aromatic heterocycles. The predicted molar refractivity (Wildman–Crippen MR) is 120 cm³/mol. The molecule has 3 rings (SSSR count). The van der Waals surface area contributed by atoms with Crippen LogP contribution in [0.1, 0.15) is 65.1 Å². The van der Waals surface area contributed by atoms with Crippen LogP contribution in [0.15, 0.2) is 24.3 Å². The smallest absolute Gasteiger partial charge is 0.242 e. The third kappa shape index (κ3) is 5.61. The lowest BCUT2D eigenvalue weighted by Gasteiger charge is -2.33. The van der Waals surface area contributed by atoms with Gasteiger partial charge in [0, 0.05) is 31.5 Å². The lowest BCUT2D eigenvalue weighted by molar-refractivity contribution is -0.135. The first-order chi connectivity index (χ1) is 14.5. The fourth-order valence-electron chi connectivity index (χ4n) is 4.19. The van der Waals surface area contributed by atoms with Crippen LogP contribution in [0.4, 0.5) is 0 Å². The highest BCUT2D eigenvalue weighted by Gasteiger charge is 2.24. The van der Waals surface area contributed by atoms with Crippen LogP contribution in [-0.2, 0) is 22.6 Å². The molecule has 6 nitrogen and oxygen atoms in total. The number of nitrogens with zero attached hydrogens (tertiary/aromatic N) is 3. The molecule has 1 aromatic carbocycles. The molecule has 0 aliphatic carbocycles. The molecule has 2 amide bonds. The molecule has 0 radical (unpaired) electrons. The number of hydrogen-bond acceptors (Lipinski definition) is 3. The van der Waals surface area contributed by atoms with Gasteiger partial charge in [0.2, 0.25) is 11.8 Å². The van der Waals surface area contributed by atoms with Gasteiger partial charge in [-0.3, -0.25) is 9.59 Å². The normalized spacial score (nSPS) is 16.9. The number of hydrogen-bond donors (Lipinski definition) is 1. The van der Waals surface area contributed by atoms with E-state index in [2.05, 4.69) is 22.9 Å². The Balaban J connectivity index is 1.60. The summed E-state index contributed by atoms with van der Waals surface area (Å²) in [5.74, 6) is 1.33. The van der Waals surface area contributed by atoms with Gasteiger partial charge in [0.1, 0.15) is 12.4 Å². The summed E-state index contributed by atoms with van der Waals surface area (Å²) in [6, 6.07) is 8.40. The zero-order chi connectivity index (χ0) is 21.5. The number of nitrogens with one attached hydrogen (secondary N) is 1. The van der Waals surface area contributed by atoms with Gasteiger partial charge in [-0.1, -0.05) is 32.4 Å². The molecule has 1 unspecified atom stereocenters. The third-order valence-corrected chi connectivity index (χ3v) is 6.05. The van der Waals surface area contributed by atoms with Crippen molar-refractivity contribution in [2.45, 2.75) is 78.3 Å². The topological polar surface area (TPSA) is 67.2 Å². The molecule has 0 spiro atoms. The van der Waals surface area contributed by atoms with Crippen molar-refractivity contribution in [3.63, 3.8) is 0 Å². The molecule has 0 bridgehead atoms. The molecule has 30 heavy (non-hydrogen) atoms. The Hall–Kier alpha value is -2.37. The van der Waals surface area contributed by atoms with Crippen molar-refractivity contribution in [2.75, 3.05) is 13.1 Å². The summed E-state index contributed by atoms with van der Waals surface area (Å²) < 4.78 is 2.11. The van der Waals surface area contributed by atoms with Crippen LogP contribution in [-0.4, -0.2) is 45.4 Å². The molecule has 1 aliphatic rings. The average Bonchev–Trinajstić information content (AvgIpc) is 3.08. The van der Waals surface area contributed by atoms with E-state index >= 15 is 0 Å². The number of imidazole rings is 1. The average molecular weight is 413 g/mol. The Labute approximate surface area is 180 Å². The van der Waals surface area contributed by atoms with Gasteiger partial charge in [-0.25, -0.2) is 4.98 Å². The van der Waals surface area contributed by atoms with Gasteiger partial charge in [-0.2, -0.15) is 0 Å². The Morgan fingerprint density at radius 2 is 1.97 bits per heavy atom. The molecule has 1 fully saturated rings. The lowest BCUT2D eigenvalue weighted by Crippen LogP contribution is -2.43. The minimum absolute atomic E-state index is 0.0325. The van der Waals surface area contributed by atoms with Gasteiger partial charge < -0.3 is 14.8 Å². The van der Waals surface area contributed by atoms with Gasteiger partial charge in [-0.15, -0.1) is 0 Å². The molecule has 1 aliphatic heterocycles. The maximum Gasteiger partial charge on any atom is 0.242 e. The highest BCUT2D eigenvalue weighted by atomic mass is 16.2. The number of carbonyl (C=O) groups is 2. The molecule has 2 aromatic rings. The summed E-state index contributed by atoms with van der Waals surface area (Å²) >= 11 is 0. The molecular formula is C24H36N4O2. The number of benzene rings is 1. The number of carbonyl (C=O) groups excluding carboxylic acids is 2. The van der Waals surface area contributed by atoms with Crippen molar-refractivity contribution in [3.8, 4) is 0 Å². The summed E-state index contributed by atoms with van der Waals surface area (Å²) in [5, 5.41) is 2.97. The van der Waals surface area contributed by atoms with E-state index in [1.807, 2.05) is 36.9 Å². The van der Waals surface area contributed by atoms with Crippen LogP contribution in [0.2, 0.25) is 0 Å². The number of fused-ring (bicyclic) bond motifs is 1. The quantitative estimate of drug-likeness (QED) is 0.635. The zero-order valence-electron chi connectivity index (χ0n) is 18.7. The second kappa shape index (κ2) is 10.6. The van der Waals surface area contributed by atoms with Crippen molar-refractivity contribution >= 4 is 22.8 Å². The Morgan fingerprint density at radius 1 is 1.17 bits per heavy atom. The predicted octanol–water partition coefficient (Wildman–Crippen LogP) is 3.92. The highest BCUT2D eigenvalue weighted by Crippen LogP contribution is 2.21. The number of piperidine rings is 1. The molecule has 2 heterocycles. The number of aryl methyl sites for hydroxylation is 1. The number of aromatic nitrogens is 2. The molecule has 6 heteroatoms. The Bertz CT molecular complexity index is 858. The Morgan fingerprint density at radius 3 is 2.73 bits per heavy atom. The molecule has 1 N–H and O–H groups in total. The summed E-state index contributed by atoms with van der Waals surface area (Å²) in [4.78, 5) is 31.5. The van der Waals surface area contributed by atoms with Crippen molar-refractivity contribution in [1.29, 1.82) is 0 Å². The summed E-state index contributed by atoms with van der Waals surface area (Å²) in [6.07, 6.45) is 7.23. The van der Waals surface area contributed by atoms with Gasteiger partial charge in [-0.05, 0) is 51.2 Å². The van der Waals surface area contributed by atoms with Crippen LogP contribution >= 0.6 is 0 Å². The van der Waals surface area contributed by atoms with Crippen molar-refractivity contribution in [2.24, 2.45) is 5.92 Å². The molecule has 1 atom stereocenters. The number of likely N-dealkylation sites (tertiary alicyclic amines) is 1. The SMILES string of the molecule is CC(C)C(=O)NCCCCCc1nc2ccccc2n1CC(=O)N1CCCCC1C. The minimum atomic E-state index is 0.0325. The van der Waals surface area contributed by atoms with E-state index in [9.17, 15) is 9.59 Å². The Kier molecular flexibility index (Phi) is 7.88. The first-order valence-electron chi connectivity index (χ1n) is 11.5. The minimum Gasteiger partial charge on any atom is -0.356 e. The molecular weight excluding hydrogens is 376 g/mol. The van der Waals surface area contributed by atoms with E-state index in [-0.39, 0.29) is 17.7 Å². The lowest BCUT2D eigenvalue weighted by atomic mass is 10.0. The number of amides is 2. The largest absolute Gasteiger partial charge is 0.356 e. The number of para-hydroxylation sites is 2. The monoisotopic (exact) mass is 412 g/mol. The summed E-state index contributed by atoms with van der Waals surface area (Å²) in [6.45, 7) is 7.92. The molecule has 0 saturated carbocycles. The van der Waals surface area contributed by atoms with E-state index in [4.69, 9.17) is 4.98 Å². The molecule has 1 saturated heterocycles. The first kappa shape index (κ1) is 22.3. The fraction of sp³-hybridized carbons (Fsp3) is 0.625. The van der Waals surface area contributed by atoms with E-state index in [1.165, 1.54) is 6.42 Å². The van der Waals surface area contributed by atoms with Crippen LogP contribution in [0.3, 0.4) is 0 Å². The van der Waals surface area contributed by atoms with Crippen LogP contribution < -0.4 is 5.32 Å².